The van der Waals surface area contributed by atoms with Crippen molar-refractivity contribution in [2.45, 2.75) is 136 Å². The van der Waals surface area contributed by atoms with Crippen LogP contribution in [-0.4, -0.2) is 19.9 Å². The van der Waals surface area contributed by atoms with Crippen molar-refractivity contribution in [1.82, 2.24) is 19.9 Å². The van der Waals surface area contributed by atoms with E-state index in [4.69, 9.17) is 0 Å². The molecule has 0 saturated heterocycles. The molecule has 0 aliphatic heterocycles. The number of aromatic nitrogens is 8. The van der Waals surface area contributed by atoms with Crippen LogP contribution in [0.5, 0.6) is 0 Å². The van der Waals surface area contributed by atoms with Crippen LogP contribution in [0, 0.1) is 96.9 Å². The standard InChI is InChI=1S/C26H25N2.C25H31N2.C22H25N2.C21H23N2/c1-18-9-8-12-23(21-10-6-5-7-11-21)26(18)22-13-14-24(28(4)17-22)25-19(2)15-16-27-20(25)3;1-16(2)21-9-8-10-22(17(3)4)25(21)20-11-12-23(27(7)15-20)24-18(5)13-14-26-19(24)6;1-14-8-7-9-15(2)21(14)19-10-11-20(24(6)13-19)22-16(3)12-17(4)23-18(22)5;1-14-7-6-8-15(2)20(14)18-9-10-19(23(5)13-18)21-16(3)11-12-22-17(21)4/h5-17H,1-4H3;8-17H,1-7H3;7-13H,1-6H3;6-13H,1-5H3/q4*+1. The van der Waals surface area contributed by atoms with Gasteiger partial charge in [0.2, 0.25) is 22.8 Å². The van der Waals surface area contributed by atoms with Crippen LogP contribution in [0.1, 0.15) is 129 Å². The highest BCUT2D eigenvalue weighted by Gasteiger charge is 2.25. The van der Waals surface area contributed by atoms with E-state index in [-0.39, 0.29) is 0 Å². The van der Waals surface area contributed by atoms with Gasteiger partial charge < -0.3 is 0 Å². The molecule has 0 amide bonds. The lowest BCUT2D eigenvalue weighted by Crippen LogP contribution is -2.31. The third-order valence-corrected chi connectivity index (χ3v) is 20.0. The minimum atomic E-state index is 0.492. The van der Waals surface area contributed by atoms with Gasteiger partial charge in [0.1, 0.15) is 28.2 Å². The number of nitrogens with zero attached hydrogens (tertiary/aromatic N) is 8. The number of benzene rings is 5. The van der Waals surface area contributed by atoms with E-state index in [2.05, 4.69) is 385 Å². The van der Waals surface area contributed by atoms with Gasteiger partial charge in [-0.3, -0.25) is 19.9 Å². The number of aryl methyl sites for hydroxylation is 18. The topological polar surface area (TPSA) is 67.1 Å². The van der Waals surface area contributed by atoms with E-state index in [1.807, 2.05) is 25.5 Å². The third kappa shape index (κ3) is 16.2. The molecule has 0 bridgehead atoms. The van der Waals surface area contributed by atoms with Gasteiger partial charge in [-0.15, -0.1) is 0 Å². The molecule has 0 radical (unpaired) electrons. The van der Waals surface area contributed by atoms with Crippen molar-refractivity contribution < 1.29 is 18.3 Å². The minimum Gasteiger partial charge on any atom is -0.261 e. The molecule has 8 heterocycles. The molecule has 0 fully saturated rings. The van der Waals surface area contributed by atoms with Crippen molar-refractivity contribution in [3.05, 3.63) is 309 Å². The third-order valence-electron chi connectivity index (χ3n) is 20.0. The second-order valence-electron chi connectivity index (χ2n) is 28.5. The largest absolute Gasteiger partial charge is 0.261 e. The van der Waals surface area contributed by atoms with Gasteiger partial charge in [0.25, 0.3) is 0 Å². The van der Waals surface area contributed by atoms with E-state index in [0.717, 1.165) is 28.5 Å². The van der Waals surface area contributed by atoms with Crippen molar-refractivity contribution in [1.29, 1.82) is 0 Å². The Hall–Kier alpha value is -10.7. The lowest BCUT2D eigenvalue weighted by atomic mass is 9.85. The normalized spacial score (nSPS) is 11.0. The Morgan fingerprint density at radius 1 is 0.255 bits per heavy atom. The first-order valence-corrected chi connectivity index (χ1v) is 35.9. The summed E-state index contributed by atoms with van der Waals surface area (Å²) in [5.74, 6) is 0.984. The van der Waals surface area contributed by atoms with Gasteiger partial charge in [0.05, 0.1) is 45.0 Å². The highest BCUT2D eigenvalue weighted by Crippen LogP contribution is 2.39. The van der Waals surface area contributed by atoms with E-state index in [0.29, 0.717) is 11.8 Å². The summed E-state index contributed by atoms with van der Waals surface area (Å²) in [6, 6.07) is 63.0. The average molecular weight is 1350 g/mol. The molecular formula is C94H104N8+4. The van der Waals surface area contributed by atoms with Crippen molar-refractivity contribution in [3.8, 4) is 101 Å². The van der Waals surface area contributed by atoms with Crippen molar-refractivity contribution in [2.24, 2.45) is 28.2 Å². The molecule has 0 spiro atoms. The second kappa shape index (κ2) is 32.3. The quantitative estimate of drug-likeness (QED) is 0.121. The van der Waals surface area contributed by atoms with E-state index >= 15 is 0 Å². The fourth-order valence-electron chi connectivity index (χ4n) is 15.0. The molecule has 0 saturated carbocycles. The Balaban J connectivity index is 0.000000147. The smallest absolute Gasteiger partial charge is 0.214 e. The first kappa shape index (κ1) is 74.0. The summed E-state index contributed by atoms with van der Waals surface area (Å²) < 4.78 is 8.88. The lowest BCUT2D eigenvalue weighted by Gasteiger charge is -2.19. The van der Waals surface area contributed by atoms with Crippen LogP contribution in [0.3, 0.4) is 0 Å². The van der Waals surface area contributed by atoms with Gasteiger partial charge in [-0.1, -0.05) is 131 Å². The Kier molecular flexibility index (Phi) is 23.4. The van der Waals surface area contributed by atoms with Gasteiger partial charge in [-0.25, -0.2) is 18.3 Å². The van der Waals surface area contributed by atoms with Gasteiger partial charge in [-0.2, -0.15) is 0 Å². The Morgan fingerprint density at radius 3 is 0.892 bits per heavy atom. The Morgan fingerprint density at radius 2 is 0.559 bits per heavy atom. The Bertz CT molecular complexity index is 5060. The molecule has 0 atom stereocenters. The molecule has 0 aliphatic rings. The molecule has 8 aromatic heterocycles. The Labute approximate surface area is 608 Å². The summed E-state index contributed by atoms with van der Waals surface area (Å²) in [6.45, 7) is 39.0. The lowest BCUT2D eigenvalue weighted by molar-refractivity contribution is -0.660. The summed E-state index contributed by atoms with van der Waals surface area (Å²) in [4.78, 5) is 18.1. The first-order valence-electron chi connectivity index (χ1n) is 35.9. The van der Waals surface area contributed by atoms with Crippen LogP contribution in [0.15, 0.2) is 219 Å². The SMILES string of the molecule is Cc1cc(C)c(-c2ccc(-c3c(C)cccc3C)c[n+]2C)c(C)n1.Cc1cccc(-c2ccccc2)c1-c1ccc(-c2c(C)ccnc2C)[n+](C)c1.Cc1cccc(C)c1-c1ccc(-c2c(C)ccnc2C)[n+](C)c1.Cc1ccnc(C)c1-c1ccc(-c2c(C(C)C)cccc2C(C)C)c[n+]1C. The predicted molar refractivity (Wildman–Crippen MR) is 425 cm³/mol. The van der Waals surface area contributed by atoms with Crippen molar-refractivity contribution in [2.75, 3.05) is 0 Å². The predicted octanol–water partition coefficient (Wildman–Crippen LogP) is 21.2. The van der Waals surface area contributed by atoms with Crippen LogP contribution in [0.4, 0.5) is 0 Å². The number of hydrogen-bond acceptors (Lipinski definition) is 4. The van der Waals surface area contributed by atoms with Gasteiger partial charge in [0.15, 0.2) is 24.8 Å². The number of rotatable bonds is 11. The molecule has 516 valence electrons. The number of pyridine rings is 8. The zero-order valence-electron chi connectivity index (χ0n) is 64.5. The van der Waals surface area contributed by atoms with Crippen LogP contribution in [0.2, 0.25) is 0 Å². The fraction of sp³-hybridized carbons (Fsp3) is 0.255. The zero-order valence-corrected chi connectivity index (χ0v) is 64.5. The highest BCUT2D eigenvalue weighted by molar-refractivity contribution is 5.86. The molecule has 102 heavy (non-hydrogen) atoms. The first-order chi connectivity index (χ1) is 48.7. The van der Waals surface area contributed by atoms with E-state index in [1.54, 1.807) is 0 Å². The maximum atomic E-state index is 4.65. The van der Waals surface area contributed by atoms with E-state index in [1.165, 1.54) is 162 Å². The van der Waals surface area contributed by atoms with Crippen LogP contribution >= 0.6 is 0 Å². The van der Waals surface area contributed by atoms with Crippen LogP contribution < -0.4 is 18.3 Å². The zero-order chi connectivity index (χ0) is 73.4. The van der Waals surface area contributed by atoms with Crippen LogP contribution in [-0.2, 0) is 28.2 Å². The summed E-state index contributed by atoms with van der Waals surface area (Å²) in [5.41, 5.74) is 42.3. The molecule has 5 aromatic carbocycles. The monoisotopic (exact) mass is 1340 g/mol. The molecule has 13 aromatic rings. The highest BCUT2D eigenvalue weighted by atomic mass is 14.9. The van der Waals surface area contributed by atoms with Crippen molar-refractivity contribution >= 4 is 0 Å². The minimum absolute atomic E-state index is 0.492. The van der Waals surface area contributed by atoms with E-state index in [9.17, 15) is 0 Å². The van der Waals surface area contributed by atoms with Gasteiger partial charge in [-0.05, 0) is 252 Å². The summed E-state index contributed by atoms with van der Waals surface area (Å²) in [5, 5.41) is 0. The molecular weight excluding hydrogens is 1240 g/mol. The van der Waals surface area contributed by atoms with Gasteiger partial charge >= 0.3 is 0 Å². The molecule has 0 aliphatic carbocycles. The average Bonchev–Trinajstić information content (AvgIpc) is 0.792. The van der Waals surface area contributed by atoms with Crippen LogP contribution in [0.25, 0.3) is 101 Å². The molecule has 8 heteroatoms. The fourth-order valence-corrected chi connectivity index (χ4v) is 15.0. The molecule has 0 N–H and O–H groups in total. The maximum absolute atomic E-state index is 4.65. The second-order valence-corrected chi connectivity index (χ2v) is 28.5. The summed E-state index contributed by atoms with van der Waals surface area (Å²) in [6.07, 6.45) is 14.6. The number of hydrogen-bond donors (Lipinski definition) is 0. The summed E-state index contributed by atoms with van der Waals surface area (Å²) >= 11 is 0. The molecule has 8 nitrogen and oxygen atoms in total. The van der Waals surface area contributed by atoms with E-state index < -0.39 is 0 Å². The van der Waals surface area contributed by atoms with Gasteiger partial charge in [0, 0.05) is 70.8 Å². The molecule has 13 rings (SSSR count). The molecule has 0 unspecified atom stereocenters. The maximum Gasteiger partial charge on any atom is 0.214 e. The summed E-state index contributed by atoms with van der Waals surface area (Å²) in [7, 11) is 8.48. The van der Waals surface area contributed by atoms with Crippen molar-refractivity contribution in [3.63, 3.8) is 0 Å².